The first-order valence-corrected chi connectivity index (χ1v) is 11.6. The third kappa shape index (κ3) is 4.82. The van der Waals surface area contributed by atoms with E-state index in [1.54, 1.807) is 19.2 Å². The normalized spacial score (nSPS) is 22.8. The van der Waals surface area contributed by atoms with Gasteiger partial charge in [0.1, 0.15) is 6.23 Å². The standard InChI is InChI=1S/C26H32N4O3/c1-16-24(29-21-9-4-18(15-27)5-10-21)22-14-20(26(32)28-12-13-33-3)8-11-23(22)30(17(2)31)25(16)19-6-7-19/h4-5,8-11,14,16-17,19,24-25,29,31H,6-7,12-13H2,1-3H3,(H,28,32)/t16-,17?,24-,25-/m1/s1. The first kappa shape index (κ1) is 23.1. The van der Waals surface area contributed by atoms with E-state index in [0.29, 0.717) is 30.2 Å². The van der Waals surface area contributed by atoms with Crippen LogP contribution in [0.25, 0.3) is 0 Å². The van der Waals surface area contributed by atoms with E-state index in [4.69, 9.17) is 10.00 Å². The number of nitrogens with zero attached hydrogens (tertiary/aromatic N) is 2. The van der Waals surface area contributed by atoms with E-state index in [2.05, 4.69) is 28.5 Å². The van der Waals surface area contributed by atoms with Gasteiger partial charge in [-0.25, -0.2) is 0 Å². The molecule has 1 unspecified atom stereocenters. The number of anilines is 2. The van der Waals surface area contributed by atoms with Crippen molar-refractivity contribution < 1.29 is 14.6 Å². The summed E-state index contributed by atoms with van der Waals surface area (Å²) in [6.45, 7) is 4.92. The number of amides is 1. The number of carbonyl (C=O) groups excluding carboxylic acids is 1. The highest BCUT2D eigenvalue weighted by molar-refractivity contribution is 5.95. The third-order valence-corrected chi connectivity index (χ3v) is 6.72. The highest BCUT2D eigenvalue weighted by Crippen LogP contribution is 2.50. The minimum atomic E-state index is -0.631. The van der Waals surface area contributed by atoms with Crippen molar-refractivity contribution in [2.75, 3.05) is 30.5 Å². The minimum Gasteiger partial charge on any atom is -0.383 e. The van der Waals surface area contributed by atoms with Gasteiger partial charge in [0, 0.05) is 42.6 Å². The Kier molecular flexibility index (Phi) is 6.87. The molecular weight excluding hydrogens is 416 g/mol. The Bertz CT molecular complexity index is 1030. The largest absolute Gasteiger partial charge is 0.383 e. The van der Waals surface area contributed by atoms with Crippen molar-refractivity contribution >= 4 is 17.3 Å². The Morgan fingerprint density at radius 2 is 2.00 bits per heavy atom. The molecule has 7 heteroatoms. The number of nitrogens with one attached hydrogen (secondary N) is 2. The lowest BCUT2D eigenvalue weighted by Gasteiger charge is -2.48. The minimum absolute atomic E-state index is 0.0414. The first-order valence-electron chi connectivity index (χ1n) is 11.6. The molecule has 4 atom stereocenters. The van der Waals surface area contributed by atoms with Crippen molar-refractivity contribution in [1.82, 2.24) is 5.32 Å². The van der Waals surface area contributed by atoms with Crippen LogP contribution in [0.3, 0.4) is 0 Å². The summed E-state index contributed by atoms with van der Waals surface area (Å²) >= 11 is 0. The molecule has 0 aromatic heterocycles. The maximum atomic E-state index is 12.7. The first-order chi connectivity index (χ1) is 15.9. The average molecular weight is 449 g/mol. The summed E-state index contributed by atoms with van der Waals surface area (Å²) in [5.74, 6) is 0.597. The zero-order valence-corrected chi connectivity index (χ0v) is 19.4. The van der Waals surface area contributed by atoms with E-state index >= 15 is 0 Å². The Morgan fingerprint density at radius 1 is 1.27 bits per heavy atom. The number of hydrogen-bond donors (Lipinski definition) is 3. The highest BCUT2D eigenvalue weighted by Gasteiger charge is 2.47. The molecule has 7 nitrogen and oxygen atoms in total. The summed E-state index contributed by atoms with van der Waals surface area (Å²) < 4.78 is 5.03. The van der Waals surface area contributed by atoms with Crippen LogP contribution in [0.4, 0.5) is 11.4 Å². The number of rotatable bonds is 8. The van der Waals surface area contributed by atoms with Gasteiger partial charge in [0.05, 0.1) is 24.3 Å². The van der Waals surface area contributed by atoms with Crippen molar-refractivity contribution in [3.63, 3.8) is 0 Å². The Balaban J connectivity index is 1.72. The van der Waals surface area contributed by atoms with Gasteiger partial charge in [-0.15, -0.1) is 0 Å². The maximum absolute atomic E-state index is 12.7. The van der Waals surface area contributed by atoms with Crippen LogP contribution in [-0.4, -0.2) is 43.5 Å². The number of methoxy groups -OCH3 is 1. The molecule has 1 aliphatic carbocycles. The third-order valence-electron chi connectivity index (χ3n) is 6.72. The number of carbonyl (C=O) groups is 1. The number of benzene rings is 2. The zero-order chi connectivity index (χ0) is 23.5. The van der Waals surface area contributed by atoms with E-state index < -0.39 is 6.23 Å². The molecule has 174 valence electrons. The molecule has 0 spiro atoms. The molecule has 0 saturated heterocycles. The summed E-state index contributed by atoms with van der Waals surface area (Å²) in [5.41, 5.74) is 4.07. The fraction of sp³-hybridized carbons (Fsp3) is 0.462. The van der Waals surface area contributed by atoms with Gasteiger partial charge in [-0.2, -0.15) is 5.26 Å². The summed E-state index contributed by atoms with van der Waals surface area (Å²) in [6, 6.07) is 15.5. The van der Waals surface area contributed by atoms with Crippen LogP contribution in [-0.2, 0) is 4.74 Å². The van der Waals surface area contributed by atoms with Crippen molar-refractivity contribution in [2.45, 2.75) is 45.0 Å². The van der Waals surface area contributed by atoms with Crippen LogP contribution in [0, 0.1) is 23.2 Å². The zero-order valence-electron chi connectivity index (χ0n) is 19.4. The predicted octanol–water partition coefficient (Wildman–Crippen LogP) is 3.66. The van der Waals surface area contributed by atoms with Gasteiger partial charge in [-0.05, 0) is 73.7 Å². The monoisotopic (exact) mass is 448 g/mol. The van der Waals surface area contributed by atoms with Crippen LogP contribution in [0.5, 0.6) is 0 Å². The maximum Gasteiger partial charge on any atom is 0.251 e. The van der Waals surface area contributed by atoms with Crippen molar-refractivity contribution in [3.8, 4) is 6.07 Å². The predicted molar refractivity (Wildman–Crippen MR) is 128 cm³/mol. The molecule has 4 rings (SSSR count). The summed E-state index contributed by atoms with van der Waals surface area (Å²) in [5, 5.41) is 26.4. The quantitative estimate of drug-likeness (QED) is 0.533. The molecule has 1 heterocycles. The van der Waals surface area contributed by atoms with Gasteiger partial charge >= 0.3 is 0 Å². The number of nitriles is 1. The van der Waals surface area contributed by atoms with Crippen molar-refractivity contribution in [3.05, 3.63) is 59.2 Å². The number of aliphatic hydroxyl groups is 1. The molecule has 1 aliphatic heterocycles. The van der Waals surface area contributed by atoms with Crippen LogP contribution in [0.2, 0.25) is 0 Å². The summed E-state index contributed by atoms with van der Waals surface area (Å²) in [7, 11) is 1.60. The van der Waals surface area contributed by atoms with Crippen molar-refractivity contribution in [1.29, 1.82) is 5.26 Å². The van der Waals surface area contributed by atoms with Gasteiger partial charge in [-0.1, -0.05) is 6.92 Å². The van der Waals surface area contributed by atoms with Crippen LogP contribution in [0.1, 0.15) is 54.2 Å². The molecule has 2 aromatic rings. The molecule has 1 saturated carbocycles. The lowest BCUT2D eigenvalue weighted by atomic mass is 9.79. The fourth-order valence-corrected chi connectivity index (χ4v) is 5.02. The number of hydrogen-bond acceptors (Lipinski definition) is 6. The Morgan fingerprint density at radius 3 is 2.61 bits per heavy atom. The lowest BCUT2D eigenvalue weighted by molar-refractivity contribution is 0.0937. The smallest absolute Gasteiger partial charge is 0.251 e. The van der Waals surface area contributed by atoms with E-state index in [1.165, 1.54) is 0 Å². The second kappa shape index (κ2) is 9.82. The van der Waals surface area contributed by atoms with Crippen LogP contribution >= 0.6 is 0 Å². The molecule has 33 heavy (non-hydrogen) atoms. The van der Waals surface area contributed by atoms with Gasteiger partial charge in [-0.3, -0.25) is 4.79 Å². The van der Waals surface area contributed by atoms with E-state index in [9.17, 15) is 9.90 Å². The molecule has 1 amide bonds. The second-order valence-electron chi connectivity index (χ2n) is 9.06. The number of aliphatic hydroxyl groups excluding tert-OH is 1. The van der Waals surface area contributed by atoms with Gasteiger partial charge in [0.15, 0.2) is 0 Å². The second-order valence-corrected chi connectivity index (χ2v) is 9.06. The molecule has 0 bridgehead atoms. The van der Waals surface area contributed by atoms with Gasteiger partial charge < -0.3 is 25.4 Å². The highest BCUT2D eigenvalue weighted by atomic mass is 16.5. The molecule has 3 N–H and O–H groups in total. The average Bonchev–Trinajstić information content (AvgIpc) is 3.65. The van der Waals surface area contributed by atoms with E-state index in [0.717, 1.165) is 29.8 Å². The molecule has 2 aromatic carbocycles. The number of fused-ring (bicyclic) bond motifs is 1. The molecule has 2 aliphatic rings. The molecule has 1 fully saturated rings. The SMILES string of the molecule is COCCNC(=O)c1ccc2c(c1)[C@H](Nc1ccc(C#N)cc1)[C@@H](C)[C@H](C1CC1)N2C(C)O. The number of ether oxygens (including phenoxy) is 1. The summed E-state index contributed by atoms with van der Waals surface area (Å²) in [6.07, 6.45) is 1.70. The van der Waals surface area contributed by atoms with Crippen LogP contribution in [0.15, 0.2) is 42.5 Å². The van der Waals surface area contributed by atoms with Crippen molar-refractivity contribution in [2.24, 2.45) is 11.8 Å². The van der Waals surface area contributed by atoms with E-state index in [1.807, 2.05) is 37.3 Å². The van der Waals surface area contributed by atoms with E-state index in [-0.39, 0.29) is 23.9 Å². The summed E-state index contributed by atoms with van der Waals surface area (Å²) in [4.78, 5) is 14.9. The molecular formula is C26H32N4O3. The molecule has 0 radical (unpaired) electrons. The Labute approximate surface area is 195 Å². The van der Waals surface area contributed by atoms with Crippen LogP contribution < -0.4 is 15.5 Å². The lowest BCUT2D eigenvalue weighted by Crippen LogP contribution is -2.52. The fourth-order valence-electron chi connectivity index (χ4n) is 5.02. The van der Waals surface area contributed by atoms with Gasteiger partial charge in [0.2, 0.25) is 0 Å². The Hall–Kier alpha value is -3.08. The van der Waals surface area contributed by atoms with Gasteiger partial charge in [0.25, 0.3) is 5.91 Å². The topological polar surface area (TPSA) is 97.6 Å².